The van der Waals surface area contributed by atoms with Crippen molar-refractivity contribution in [2.75, 3.05) is 30.3 Å². The average molecular weight is 348 g/mol. The fraction of sp³-hybridized carbons (Fsp3) is 0.556. The molecule has 2 heterocycles. The fourth-order valence-corrected chi connectivity index (χ4v) is 4.17. The van der Waals surface area contributed by atoms with Gasteiger partial charge in [-0.1, -0.05) is 12.1 Å². The lowest BCUT2D eigenvalue weighted by Crippen LogP contribution is -2.50. The van der Waals surface area contributed by atoms with Gasteiger partial charge >= 0.3 is 0 Å². The molecule has 2 aliphatic rings. The summed E-state index contributed by atoms with van der Waals surface area (Å²) < 4.78 is 5.56. The summed E-state index contributed by atoms with van der Waals surface area (Å²) in [6, 6.07) is 8.04. The number of carbonyl (C=O) groups is 2. The Morgan fingerprint density at radius 3 is 2.79 bits per heavy atom. The number of anilines is 1. The molecule has 0 unspecified atom stereocenters. The summed E-state index contributed by atoms with van der Waals surface area (Å²) in [5.41, 5.74) is 0.972. The summed E-state index contributed by atoms with van der Waals surface area (Å²) in [4.78, 5) is 29.9. The summed E-state index contributed by atoms with van der Waals surface area (Å²) in [5, 5.41) is 0. The quantitative estimate of drug-likeness (QED) is 0.842. The molecular formula is C18H24N2O3S. The van der Waals surface area contributed by atoms with Gasteiger partial charge in [0.1, 0.15) is 0 Å². The van der Waals surface area contributed by atoms with Gasteiger partial charge in [-0.15, -0.1) is 11.8 Å². The maximum absolute atomic E-state index is 12.6. The molecule has 5 nitrogen and oxygen atoms in total. The van der Waals surface area contributed by atoms with Crippen molar-refractivity contribution >= 4 is 29.3 Å². The first-order valence-electron chi connectivity index (χ1n) is 8.49. The number of morpholine rings is 1. The van der Waals surface area contributed by atoms with Gasteiger partial charge in [-0.3, -0.25) is 9.59 Å². The van der Waals surface area contributed by atoms with E-state index in [2.05, 4.69) is 0 Å². The van der Waals surface area contributed by atoms with E-state index in [0.29, 0.717) is 19.7 Å². The van der Waals surface area contributed by atoms with E-state index in [4.69, 9.17) is 4.74 Å². The predicted molar refractivity (Wildman–Crippen MR) is 95.3 cm³/mol. The Morgan fingerprint density at radius 2 is 1.96 bits per heavy atom. The number of nitrogens with zero attached hydrogens (tertiary/aromatic N) is 2. The summed E-state index contributed by atoms with van der Waals surface area (Å²) in [6.45, 7) is 5.85. The second-order valence-corrected chi connectivity index (χ2v) is 7.54. The van der Waals surface area contributed by atoms with Crippen molar-refractivity contribution in [1.82, 2.24) is 4.90 Å². The van der Waals surface area contributed by atoms with E-state index in [1.807, 2.05) is 47.9 Å². The number of hydrogen-bond donors (Lipinski definition) is 0. The molecule has 1 aromatic carbocycles. The van der Waals surface area contributed by atoms with Gasteiger partial charge in [-0.25, -0.2) is 0 Å². The van der Waals surface area contributed by atoms with E-state index in [9.17, 15) is 9.59 Å². The molecule has 0 N–H and O–H groups in total. The van der Waals surface area contributed by atoms with Crippen LogP contribution in [-0.4, -0.2) is 54.3 Å². The molecule has 24 heavy (non-hydrogen) atoms. The molecule has 0 aromatic heterocycles. The highest BCUT2D eigenvalue weighted by Crippen LogP contribution is 2.34. The number of ether oxygens (including phenoxy) is 1. The number of amides is 2. The highest BCUT2D eigenvalue weighted by Gasteiger charge is 2.29. The van der Waals surface area contributed by atoms with Gasteiger partial charge < -0.3 is 14.5 Å². The second kappa shape index (κ2) is 7.57. The molecule has 1 fully saturated rings. The van der Waals surface area contributed by atoms with Gasteiger partial charge in [0.2, 0.25) is 11.8 Å². The molecule has 130 valence electrons. The number of benzene rings is 1. The van der Waals surface area contributed by atoms with Crippen LogP contribution in [0.15, 0.2) is 29.2 Å². The number of para-hydroxylation sites is 1. The van der Waals surface area contributed by atoms with E-state index < -0.39 is 0 Å². The fourth-order valence-electron chi connectivity index (χ4n) is 3.17. The van der Waals surface area contributed by atoms with Gasteiger partial charge in [0, 0.05) is 36.6 Å². The molecule has 1 saturated heterocycles. The lowest BCUT2D eigenvalue weighted by atomic mass is 10.1. The molecular weight excluding hydrogens is 324 g/mol. The lowest BCUT2D eigenvalue weighted by molar-refractivity contribution is -0.144. The zero-order chi connectivity index (χ0) is 17.1. The van der Waals surface area contributed by atoms with Crippen molar-refractivity contribution in [3.63, 3.8) is 0 Å². The smallest absolute Gasteiger partial charge is 0.227 e. The Morgan fingerprint density at radius 1 is 1.21 bits per heavy atom. The molecule has 0 aliphatic carbocycles. The first-order chi connectivity index (χ1) is 11.6. The molecule has 0 spiro atoms. The van der Waals surface area contributed by atoms with E-state index in [-0.39, 0.29) is 36.8 Å². The molecule has 2 amide bonds. The summed E-state index contributed by atoms with van der Waals surface area (Å²) in [6.07, 6.45) is 0.588. The molecule has 0 bridgehead atoms. The maximum Gasteiger partial charge on any atom is 0.227 e. The van der Waals surface area contributed by atoms with Crippen LogP contribution in [0.25, 0.3) is 0 Å². The van der Waals surface area contributed by atoms with Crippen molar-refractivity contribution in [2.24, 2.45) is 0 Å². The Balaban J connectivity index is 1.59. The summed E-state index contributed by atoms with van der Waals surface area (Å²) in [7, 11) is 0. The molecule has 0 saturated carbocycles. The van der Waals surface area contributed by atoms with E-state index in [1.165, 1.54) is 0 Å². The number of thioether (sulfide) groups is 1. The maximum atomic E-state index is 12.6. The normalized spacial score (nSPS) is 23.8. The third-order valence-electron chi connectivity index (χ3n) is 4.51. The zero-order valence-electron chi connectivity index (χ0n) is 14.2. The largest absolute Gasteiger partial charge is 0.375 e. The van der Waals surface area contributed by atoms with Gasteiger partial charge in [0.25, 0.3) is 0 Å². The third-order valence-corrected chi connectivity index (χ3v) is 5.55. The minimum Gasteiger partial charge on any atom is -0.375 e. The first kappa shape index (κ1) is 17.3. The van der Waals surface area contributed by atoms with Crippen LogP contribution in [0.3, 0.4) is 0 Å². The van der Waals surface area contributed by atoms with E-state index in [1.54, 1.807) is 11.8 Å². The lowest BCUT2D eigenvalue weighted by Gasteiger charge is -2.37. The van der Waals surface area contributed by atoms with Crippen LogP contribution < -0.4 is 4.90 Å². The number of rotatable bonds is 3. The molecule has 1 aromatic rings. The Labute approximate surface area is 147 Å². The van der Waals surface area contributed by atoms with Crippen molar-refractivity contribution < 1.29 is 14.3 Å². The van der Waals surface area contributed by atoms with Gasteiger partial charge in [0.05, 0.1) is 24.4 Å². The first-order valence-corrected chi connectivity index (χ1v) is 9.48. The average Bonchev–Trinajstić information content (AvgIpc) is 2.61. The topological polar surface area (TPSA) is 49.9 Å². The molecule has 6 heteroatoms. The minimum atomic E-state index is 0.0325. The van der Waals surface area contributed by atoms with Crippen molar-refractivity contribution in [2.45, 2.75) is 43.7 Å². The van der Waals surface area contributed by atoms with Crippen molar-refractivity contribution in [3.05, 3.63) is 24.3 Å². The monoisotopic (exact) mass is 348 g/mol. The number of carbonyl (C=O) groups excluding carboxylic acids is 2. The second-order valence-electron chi connectivity index (χ2n) is 6.40. The predicted octanol–water partition coefficient (Wildman–Crippen LogP) is 2.54. The Kier molecular flexibility index (Phi) is 5.46. The summed E-state index contributed by atoms with van der Waals surface area (Å²) >= 11 is 1.77. The van der Waals surface area contributed by atoms with Crippen molar-refractivity contribution in [3.8, 4) is 0 Å². The van der Waals surface area contributed by atoms with Crippen LogP contribution in [0, 0.1) is 0 Å². The molecule has 2 aliphatic heterocycles. The van der Waals surface area contributed by atoms with Gasteiger partial charge in [0.15, 0.2) is 0 Å². The summed E-state index contributed by atoms with van der Waals surface area (Å²) in [5.74, 6) is 0.977. The van der Waals surface area contributed by atoms with Crippen LogP contribution >= 0.6 is 11.8 Å². The van der Waals surface area contributed by atoms with E-state index in [0.717, 1.165) is 16.3 Å². The van der Waals surface area contributed by atoms with E-state index >= 15 is 0 Å². The zero-order valence-corrected chi connectivity index (χ0v) is 15.1. The van der Waals surface area contributed by atoms with Gasteiger partial charge in [-0.05, 0) is 26.0 Å². The Bertz CT molecular complexity index is 622. The molecule has 2 atom stereocenters. The highest BCUT2D eigenvalue weighted by molar-refractivity contribution is 7.99. The standard InChI is InChI=1S/C18H24N2O3S/c1-13-12-23-14(2)11-20(13)18(22)8-7-17(21)19-9-10-24-16-6-4-3-5-15(16)19/h3-6,13-14H,7-12H2,1-2H3/t13-,14+/m0/s1. The minimum absolute atomic E-state index is 0.0325. The van der Waals surface area contributed by atoms with Crippen LogP contribution in [0.5, 0.6) is 0 Å². The van der Waals surface area contributed by atoms with Crippen LogP contribution in [0.2, 0.25) is 0 Å². The Hall–Kier alpha value is -1.53. The van der Waals surface area contributed by atoms with Crippen molar-refractivity contribution in [1.29, 1.82) is 0 Å². The van der Waals surface area contributed by atoms with Crippen LogP contribution in [-0.2, 0) is 14.3 Å². The number of hydrogen-bond acceptors (Lipinski definition) is 4. The molecule has 3 rings (SSSR count). The van der Waals surface area contributed by atoms with Crippen LogP contribution in [0.4, 0.5) is 5.69 Å². The number of fused-ring (bicyclic) bond motifs is 1. The third kappa shape index (κ3) is 3.75. The SMILES string of the molecule is C[C@@H]1CN(C(=O)CCC(=O)N2CCSc3ccccc32)[C@@H](C)CO1. The van der Waals surface area contributed by atoms with Gasteiger partial charge in [-0.2, -0.15) is 0 Å². The molecule has 0 radical (unpaired) electrons. The highest BCUT2D eigenvalue weighted by atomic mass is 32.2. The van der Waals surface area contributed by atoms with Crippen LogP contribution in [0.1, 0.15) is 26.7 Å².